The average Bonchev–Trinajstić information content (AvgIpc) is 1.30. The van der Waals surface area contributed by atoms with E-state index in [0.717, 1.165) is 0 Å². The van der Waals surface area contributed by atoms with Crippen LogP contribution in [0.1, 0.15) is 13.8 Å². The smallest absolute Gasteiger partial charge is 0.0715 e. The third-order valence-corrected chi connectivity index (χ3v) is 0.609. The molecule has 52 valence electrons. The van der Waals surface area contributed by atoms with Crippen LogP contribution in [0.4, 0.5) is 0 Å². The molecule has 0 heterocycles. The first kappa shape index (κ1) is 11.1. The number of hydrogen-bond donors (Lipinski definition) is 2. The maximum atomic E-state index is 8.96. The van der Waals surface area contributed by atoms with Gasteiger partial charge in [0.15, 0.2) is 0 Å². The average molecular weight is 140 g/mol. The Balaban J connectivity index is 0. The van der Waals surface area contributed by atoms with Crippen LogP contribution in [0.25, 0.3) is 0 Å². The molecular formula is C5H14ClNO. The first-order valence-electron chi connectivity index (χ1n) is 2.43. The fourth-order valence-corrected chi connectivity index (χ4v) is 0.433. The van der Waals surface area contributed by atoms with Gasteiger partial charge in [0, 0.05) is 6.54 Å². The molecule has 0 aromatic carbocycles. The topological polar surface area (TPSA) is 32.3 Å². The summed E-state index contributed by atoms with van der Waals surface area (Å²) in [6.07, 6.45) is 0. The molecule has 0 saturated heterocycles. The molecule has 0 rings (SSSR count). The number of aliphatic hydroxyl groups is 1. The zero-order valence-electron chi connectivity index (χ0n) is 5.56. The van der Waals surface area contributed by atoms with E-state index in [0.29, 0.717) is 6.54 Å². The van der Waals surface area contributed by atoms with Crippen LogP contribution in [0, 0.1) is 0 Å². The third kappa shape index (κ3) is 9.51. The Morgan fingerprint density at radius 2 is 1.88 bits per heavy atom. The van der Waals surface area contributed by atoms with Crippen molar-refractivity contribution in [1.82, 2.24) is 5.32 Å². The Bertz CT molecular complexity index is 50.9. The lowest BCUT2D eigenvalue weighted by molar-refractivity contribution is 0.0821. The second kappa shape index (κ2) is 4.13. The number of halogens is 1. The van der Waals surface area contributed by atoms with Gasteiger partial charge in [-0.05, 0) is 20.9 Å². The fraction of sp³-hybridized carbons (Fsp3) is 1.00. The summed E-state index contributed by atoms with van der Waals surface area (Å²) in [7, 11) is 1.82. The number of likely N-dealkylation sites (N-methyl/N-ethyl adjacent to an activating group) is 1. The maximum Gasteiger partial charge on any atom is 0.0715 e. The summed E-state index contributed by atoms with van der Waals surface area (Å²) in [5, 5.41) is 11.8. The minimum absolute atomic E-state index is 0. The maximum absolute atomic E-state index is 8.96. The van der Waals surface area contributed by atoms with Gasteiger partial charge >= 0.3 is 0 Å². The lowest BCUT2D eigenvalue weighted by atomic mass is 10.1. The zero-order chi connectivity index (χ0) is 5.91. The van der Waals surface area contributed by atoms with Crippen LogP contribution in [0.2, 0.25) is 0 Å². The normalized spacial score (nSPS) is 10.5. The van der Waals surface area contributed by atoms with Crippen molar-refractivity contribution < 1.29 is 5.11 Å². The van der Waals surface area contributed by atoms with Crippen LogP contribution in [0.3, 0.4) is 0 Å². The molecule has 0 saturated carbocycles. The van der Waals surface area contributed by atoms with Gasteiger partial charge in [-0.15, -0.1) is 12.4 Å². The van der Waals surface area contributed by atoms with Gasteiger partial charge in [0.25, 0.3) is 0 Å². The summed E-state index contributed by atoms with van der Waals surface area (Å²) in [6.45, 7) is 4.18. The molecule has 0 amide bonds. The van der Waals surface area contributed by atoms with E-state index in [4.69, 9.17) is 5.11 Å². The molecule has 0 bridgehead atoms. The van der Waals surface area contributed by atoms with E-state index in [1.54, 1.807) is 13.8 Å². The van der Waals surface area contributed by atoms with Crippen LogP contribution in [-0.2, 0) is 0 Å². The van der Waals surface area contributed by atoms with Crippen LogP contribution < -0.4 is 5.32 Å². The summed E-state index contributed by atoms with van der Waals surface area (Å²) < 4.78 is 0. The van der Waals surface area contributed by atoms with Gasteiger partial charge in [-0.25, -0.2) is 0 Å². The summed E-state index contributed by atoms with van der Waals surface area (Å²) in [4.78, 5) is 0. The number of rotatable bonds is 2. The first-order valence-corrected chi connectivity index (χ1v) is 2.43. The molecule has 0 atom stereocenters. The van der Waals surface area contributed by atoms with Gasteiger partial charge in [-0.1, -0.05) is 0 Å². The van der Waals surface area contributed by atoms with E-state index in [-0.39, 0.29) is 12.4 Å². The molecule has 0 fully saturated rings. The highest BCUT2D eigenvalue weighted by atomic mass is 35.5. The van der Waals surface area contributed by atoms with Gasteiger partial charge in [0.2, 0.25) is 0 Å². The lowest BCUT2D eigenvalue weighted by Gasteiger charge is -2.14. The van der Waals surface area contributed by atoms with Crippen molar-refractivity contribution >= 4 is 12.4 Å². The standard InChI is InChI=1S/C5H13NO.ClH/c1-5(2,7)4-6-3;/h6-7H,4H2,1-3H3;1H. The molecule has 0 aliphatic rings. The summed E-state index contributed by atoms with van der Waals surface area (Å²) >= 11 is 0. The molecule has 2 N–H and O–H groups in total. The predicted molar refractivity (Wildman–Crippen MR) is 37.5 cm³/mol. The second-order valence-corrected chi connectivity index (χ2v) is 2.34. The Morgan fingerprint density at radius 3 is 1.88 bits per heavy atom. The van der Waals surface area contributed by atoms with Gasteiger partial charge < -0.3 is 10.4 Å². The molecule has 0 unspecified atom stereocenters. The third-order valence-electron chi connectivity index (χ3n) is 0.609. The van der Waals surface area contributed by atoms with Crippen molar-refractivity contribution in [2.24, 2.45) is 0 Å². The van der Waals surface area contributed by atoms with Crippen molar-refractivity contribution in [3.63, 3.8) is 0 Å². The highest BCUT2D eigenvalue weighted by Gasteiger charge is 2.08. The summed E-state index contributed by atoms with van der Waals surface area (Å²) in [6, 6.07) is 0. The Kier molecular flexibility index (Phi) is 5.71. The molecule has 0 aromatic heterocycles. The number of hydrogen-bond acceptors (Lipinski definition) is 2. The van der Waals surface area contributed by atoms with Crippen molar-refractivity contribution in [2.45, 2.75) is 19.4 Å². The molecule has 0 aliphatic carbocycles. The van der Waals surface area contributed by atoms with Gasteiger partial charge in [-0.2, -0.15) is 0 Å². The van der Waals surface area contributed by atoms with Gasteiger partial charge in [0.1, 0.15) is 0 Å². The van der Waals surface area contributed by atoms with Crippen LogP contribution in [0.15, 0.2) is 0 Å². The van der Waals surface area contributed by atoms with Crippen LogP contribution in [0.5, 0.6) is 0 Å². The van der Waals surface area contributed by atoms with Crippen molar-refractivity contribution in [2.75, 3.05) is 13.6 Å². The van der Waals surface area contributed by atoms with E-state index in [1.165, 1.54) is 0 Å². The monoisotopic (exact) mass is 139 g/mol. The quantitative estimate of drug-likeness (QED) is 0.581. The highest BCUT2D eigenvalue weighted by molar-refractivity contribution is 5.85. The molecule has 0 aliphatic heterocycles. The Morgan fingerprint density at radius 1 is 1.50 bits per heavy atom. The Labute approximate surface area is 56.7 Å². The minimum Gasteiger partial charge on any atom is -0.389 e. The van der Waals surface area contributed by atoms with E-state index in [9.17, 15) is 0 Å². The molecule has 8 heavy (non-hydrogen) atoms. The lowest BCUT2D eigenvalue weighted by Crippen LogP contribution is -2.32. The van der Waals surface area contributed by atoms with Crippen molar-refractivity contribution in [1.29, 1.82) is 0 Å². The van der Waals surface area contributed by atoms with Crippen molar-refractivity contribution in [3.05, 3.63) is 0 Å². The molecule has 0 aromatic rings. The van der Waals surface area contributed by atoms with E-state index >= 15 is 0 Å². The minimum atomic E-state index is -0.561. The fourth-order valence-electron chi connectivity index (χ4n) is 0.433. The number of nitrogens with one attached hydrogen (secondary N) is 1. The predicted octanol–water partition coefficient (Wildman–Crippen LogP) is 0.398. The molecule has 0 radical (unpaired) electrons. The second-order valence-electron chi connectivity index (χ2n) is 2.34. The van der Waals surface area contributed by atoms with Gasteiger partial charge in [0.05, 0.1) is 5.60 Å². The SMILES string of the molecule is CNCC(C)(C)O.Cl. The Hall–Kier alpha value is 0.210. The molecule has 0 spiro atoms. The van der Waals surface area contributed by atoms with Crippen LogP contribution in [-0.4, -0.2) is 24.3 Å². The molecule has 2 nitrogen and oxygen atoms in total. The van der Waals surface area contributed by atoms with Crippen molar-refractivity contribution in [3.8, 4) is 0 Å². The zero-order valence-corrected chi connectivity index (χ0v) is 6.38. The molecular weight excluding hydrogens is 126 g/mol. The highest BCUT2D eigenvalue weighted by Crippen LogP contribution is 1.95. The first-order chi connectivity index (χ1) is 3.06. The van der Waals surface area contributed by atoms with E-state index in [2.05, 4.69) is 5.32 Å². The summed E-state index contributed by atoms with van der Waals surface area (Å²) in [5.74, 6) is 0. The van der Waals surface area contributed by atoms with E-state index < -0.39 is 5.60 Å². The molecule has 3 heteroatoms. The van der Waals surface area contributed by atoms with E-state index in [1.807, 2.05) is 7.05 Å². The summed E-state index contributed by atoms with van der Waals surface area (Å²) in [5.41, 5.74) is -0.561. The largest absolute Gasteiger partial charge is 0.389 e. The van der Waals surface area contributed by atoms with Gasteiger partial charge in [-0.3, -0.25) is 0 Å². The van der Waals surface area contributed by atoms with Crippen LogP contribution >= 0.6 is 12.4 Å².